The molecule has 142 valence electrons. The molecule has 0 fully saturated rings. The lowest BCUT2D eigenvalue weighted by Gasteiger charge is -2.07. The van der Waals surface area contributed by atoms with Gasteiger partial charge in [-0.25, -0.2) is 4.89 Å². The van der Waals surface area contributed by atoms with Crippen molar-refractivity contribution in [2.45, 2.75) is 70.8 Å². The topological polar surface area (TPSA) is 55.8 Å². The molecule has 0 saturated heterocycles. The predicted octanol–water partition coefficient (Wildman–Crippen LogP) is 5.77. The quantitative estimate of drug-likeness (QED) is 0.102. The molecule has 0 saturated carbocycles. The molecule has 25 heavy (non-hydrogen) atoms. The van der Waals surface area contributed by atoms with Crippen LogP contribution in [0.1, 0.15) is 64.7 Å². The first-order chi connectivity index (χ1) is 12.2. The lowest BCUT2D eigenvalue weighted by Crippen LogP contribution is -2.08. The highest BCUT2D eigenvalue weighted by atomic mass is 17.1. The van der Waals surface area contributed by atoms with Crippen LogP contribution in [-0.2, 0) is 14.4 Å². The van der Waals surface area contributed by atoms with Gasteiger partial charge in [-0.15, -0.1) is 0 Å². The first kappa shape index (κ1) is 23.4. The van der Waals surface area contributed by atoms with Gasteiger partial charge in [0.15, 0.2) is 0 Å². The summed E-state index contributed by atoms with van der Waals surface area (Å²) >= 11 is 0. The third-order valence-corrected chi connectivity index (χ3v) is 3.66. The standard InChI is InChI=1S/C21H34O4/c1-3-4-5-6-7-8-9-10-11-12-13-14-15-17-20(25-23)18-16-19-21(22)24-2/h7-8,10-11,13-15,17,20,23H,3-6,9,12,16,18-19H2,1-2H3/b8-7-,11-10-,14-13-,17-15+. The van der Waals surface area contributed by atoms with Crippen LogP contribution in [0.15, 0.2) is 48.6 Å². The van der Waals surface area contributed by atoms with Crippen molar-refractivity contribution in [3.8, 4) is 0 Å². The van der Waals surface area contributed by atoms with Crippen molar-refractivity contribution in [1.29, 1.82) is 0 Å². The second-order valence-electron chi connectivity index (χ2n) is 5.84. The van der Waals surface area contributed by atoms with Gasteiger partial charge in [-0.3, -0.25) is 10.1 Å². The SMILES string of the molecule is CCCCC/C=C\C/C=C\C/C=C\C=C\C(CCCC(=O)OC)OO. The molecular formula is C21H34O4. The molecule has 0 bridgehead atoms. The van der Waals surface area contributed by atoms with E-state index in [1.807, 2.05) is 18.2 Å². The van der Waals surface area contributed by atoms with Crippen molar-refractivity contribution in [2.75, 3.05) is 7.11 Å². The van der Waals surface area contributed by atoms with Gasteiger partial charge in [-0.2, -0.15) is 0 Å². The number of rotatable bonds is 15. The molecule has 4 heteroatoms. The van der Waals surface area contributed by atoms with E-state index in [1.165, 1.54) is 32.8 Å². The van der Waals surface area contributed by atoms with E-state index in [1.54, 1.807) is 6.08 Å². The van der Waals surface area contributed by atoms with E-state index < -0.39 is 6.10 Å². The number of carbonyl (C=O) groups excluding carboxylic acids is 1. The molecule has 0 radical (unpaired) electrons. The minimum absolute atomic E-state index is 0.247. The molecule has 0 amide bonds. The van der Waals surface area contributed by atoms with Gasteiger partial charge < -0.3 is 4.74 Å². The van der Waals surface area contributed by atoms with E-state index in [4.69, 9.17) is 5.26 Å². The average molecular weight is 350 g/mol. The molecule has 0 spiro atoms. The summed E-state index contributed by atoms with van der Waals surface area (Å²) in [6.45, 7) is 2.22. The normalized spacial score (nSPS) is 13.6. The minimum atomic E-state index is -0.400. The summed E-state index contributed by atoms with van der Waals surface area (Å²) in [6.07, 6.45) is 24.4. The molecule has 0 aromatic carbocycles. The van der Waals surface area contributed by atoms with Gasteiger partial charge in [0.25, 0.3) is 0 Å². The predicted molar refractivity (Wildman–Crippen MR) is 103 cm³/mol. The van der Waals surface area contributed by atoms with Gasteiger partial charge in [0.1, 0.15) is 6.10 Å². The molecule has 4 nitrogen and oxygen atoms in total. The van der Waals surface area contributed by atoms with E-state index in [0.29, 0.717) is 19.3 Å². The van der Waals surface area contributed by atoms with Crippen LogP contribution in [0.5, 0.6) is 0 Å². The fourth-order valence-corrected chi connectivity index (χ4v) is 2.15. The molecule has 1 N–H and O–H groups in total. The third-order valence-electron chi connectivity index (χ3n) is 3.66. The first-order valence-electron chi connectivity index (χ1n) is 9.24. The second-order valence-corrected chi connectivity index (χ2v) is 5.84. The van der Waals surface area contributed by atoms with Crippen LogP contribution >= 0.6 is 0 Å². The van der Waals surface area contributed by atoms with E-state index in [0.717, 1.165) is 12.8 Å². The highest BCUT2D eigenvalue weighted by Crippen LogP contribution is 2.06. The molecule has 1 unspecified atom stereocenters. The van der Waals surface area contributed by atoms with Crippen LogP contribution in [0.2, 0.25) is 0 Å². The van der Waals surface area contributed by atoms with Crippen LogP contribution < -0.4 is 0 Å². The Morgan fingerprint density at radius 3 is 2.40 bits per heavy atom. The third kappa shape index (κ3) is 17.0. The van der Waals surface area contributed by atoms with E-state index in [-0.39, 0.29) is 5.97 Å². The maximum absolute atomic E-state index is 11.0. The summed E-state index contributed by atoms with van der Waals surface area (Å²) in [7, 11) is 1.37. The summed E-state index contributed by atoms with van der Waals surface area (Å²) in [6, 6.07) is 0. The van der Waals surface area contributed by atoms with E-state index in [2.05, 4.69) is 40.9 Å². The van der Waals surface area contributed by atoms with Gasteiger partial charge in [0, 0.05) is 6.42 Å². The van der Waals surface area contributed by atoms with Crippen LogP contribution in [0, 0.1) is 0 Å². The van der Waals surface area contributed by atoms with Crippen molar-refractivity contribution < 1.29 is 19.7 Å². The zero-order valence-corrected chi connectivity index (χ0v) is 15.7. The molecule has 0 aliphatic carbocycles. The zero-order valence-electron chi connectivity index (χ0n) is 15.7. The zero-order chi connectivity index (χ0) is 18.6. The summed E-state index contributed by atoms with van der Waals surface area (Å²) in [4.78, 5) is 15.4. The maximum Gasteiger partial charge on any atom is 0.305 e. The highest BCUT2D eigenvalue weighted by Gasteiger charge is 2.06. The van der Waals surface area contributed by atoms with Gasteiger partial charge in [-0.05, 0) is 38.5 Å². The Balaban J connectivity index is 3.77. The maximum atomic E-state index is 11.0. The number of hydrogen-bond donors (Lipinski definition) is 1. The van der Waals surface area contributed by atoms with Crippen molar-refractivity contribution in [2.24, 2.45) is 0 Å². The summed E-state index contributed by atoms with van der Waals surface area (Å²) in [5.74, 6) is -0.247. The van der Waals surface area contributed by atoms with Gasteiger partial charge in [0.05, 0.1) is 7.11 Å². The van der Waals surface area contributed by atoms with Crippen LogP contribution in [0.3, 0.4) is 0 Å². The van der Waals surface area contributed by atoms with Crippen LogP contribution in [-0.4, -0.2) is 24.4 Å². The Kier molecular flexibility index (Phi) is 17.5. The van der Waals surface area contributed by atoms with E-state index in [9.17, 15) is 4.79 Å². The molecule has 0 aliphatic rings. The van der Waals surface area contributed by atoms with Gasteiger partial charge in [-0.1, -0.05) is 68.4 Å². The fourth-order valence-electron chi connectivity index (χ4n) is 2.15. The van der Waals surface area contributed by atoms with Crippen molar-refractivity contribution in [3.05, 3.63) is 48.6 Å². The molecule has 0 heterocycles. The van der Waals surface area contributed by atoms with Gasteiger partial charge in [0.2, 0.25) is 0 Å². The highest BCUT2D eigenvalue weighted by molar-refractivity contribution is 5.68. The number of ether oxygens (including phenoxy) is 1. The average Bonchev–Trinajstić information content (AvgIpc) is 2.63. The second kappa shape index (κ2) is 18.7. The smallest absolute Gasteiger partial charge is 0.305 e. The monoisotopic (exact) mass is 350 g/mol. The lowest BCUT2D eigenvalue weighted by atomic mass is 10.1. The lowest BCUT2D eigenvalue weighted by molar-refractivity contribution is -0.267. The molecular weight excluding hydrogens is 316 g/mol. The van der Waals surface area contributed by atoms with Crippen molar-refractivity contribution in [1.82, 2.24) is 0 Å². The number of carbonyl (C=O) groups is 1. The summed E-state index contributed by atoms with van der Waals surface area (Å²) in [5.41, 5.74) is 0. The summed E-state index contributed by atoms with van der Waals surface area (Å²) in [5, 5.41) is 8.83. The van der Waals surface area contributed by atoms with Gasteiger partial charge >= 0.3 is 5.97 Å². The van der Waals surface area contributed by atoms with Crippen LogP contribution in [0.4, 0.5) is 0 Å². The molecule has 1 atom stereocenters. The Hall–Kier alpha value is -1.65. The number of allylic oxidation sites excluding steroid dienone is 7. The number of esters is 1. The van der Waals surface area contributed by atoms with Crippen LogP contribution in [0.25, 0.3) is 0 Å². The van der Waals surface area contributed by atoms with Crippen molar-refractivity contribution >= 4 is 5.97 Å². The Bertz CT molecular complexity index is 422. The van der Waals surface area contributed by atoms with E-state index >= 15 is 0 Å². The first-order valence-corrected chi connectivity index (χ1v) is 9.24. The summed E-state index contributed by atoms with van der Waals surface area (Å²) < 4.78 is 4.57. The Morgan fingerprint density at radius 2 is 1.72 bits per heavy atom. The number of unbranched alkanes of at least 4 members (excludes halogenated alkanes) is 3. The number of methoxy groups -OCH3 is 1. The molecule has 0 aromatic rings. The minimum Gasteiger partial charge on any atom is -0.469 e. The number of hydrogen-bond acceptors (Lipinski definition) is 4. The molecule has 0 aliphatic heterocycles. The fraction of sp³-hybridized carbons (Fsp3) is 0.571. The largest absolute Gasteiger partial charge is 0.469 e. The molecule has 0 aromatic heterocycles. The molecule has 0 rings (SSSR count). The van der Waals surface area contributed by atoms with Crippen molar-refractivity contribution in [3.63, 3.8) is 0 Å². The Morgan fingerprint density at radius 1 is 1.00 bits per heavy atom. The Labute approximate surface area is 152 Å².